The molecule has 1 amide bonds. The number of unbranched alkanes of at least 4 members (excludes halogenated alkanes) is 13. The molecule has 0 atom stereocenters. The third-order valence-electron chi connectivity index (χ3n) is 6.18. The average Bonchev–Trinajstić information content (AvgIpc) is 2.98. The van der Waals surface area contributed by atoms with E-state index in [4.69, 9.17) is 0 Å². The van der Waals surface area contributed by atoms with Crippen molar-refractivity contribution >= 4 is 17.4 Å². The normalized spacial score (nSPS) is 13.4. The SMILES string of the molecule is CCCCCCCCCCCCCCCCN1C(=O)C(=O)c2cc(CC)ccc21. The summed E-state index contributed by atoms with van der Waals surface area (Å²) in [5.41, 5.74) is 2.52. The molecule has 1 heterocycles. The van der Waals surface area contributed by atoms with Crippen LogP contribution in [0, 0.1) is 0 Å². The van der Waals surface area contributed by atoms with E-state index >= 15 is 0 Å². The number of hydrogen-bond donors (Lipinski definition) is 0. The van der Waals surface area contributed by atoms with E-state index < -0.39 is 0 Å². The van der Waals surface area contributed by atoms with Crippen molar-refractivity contribution in [1.29, 1.82) is 0 Å². The summed E-state index contributed by atoms with van der Waals surface area (Å²) in [5, 5.41) is 0. The largest absolute Gasteiger partial charge is 0.305 e. The van der Waals surface area contributed by atoms with Gasteiger partial charge in [-0.1, -0.05) is 103 Å². The Morgan fingerprint density at radius 3 is 1.72 bits per heavy atom. The lowest BCUT2D eigenvalue weighted by Gasteiger charge is -2.16. The second kappa shape index (κ2) is 13.6. The van der Waals surface area contributed by atoms with Crippen LogP contribution in [0.25, 0.3) is 0 Å². The van der Waals surface area contributed by atoms with Crippen LogP contribution < -0.4 is 4.90 Å². The van der Waals surface area contributed by atoms with Crippen LogP contribution in [0.2, 0.25) is 0 Å². The second-order valence-corrected chi connectivity index (χ2v) is 8.59. The highest BCUT2D eigenvalue weighted by Crippen LogP contribution is 2.30. The van der Waals surface area contributed by atoms with Gasteiger partial charge in [0.1, 0.15) is 0 Å². The van der Waals surface area contributed by atoms with E-state index in [-0.39, 0.29) is 11.7 Å². The number of benzene rings is 1. The third kappa shape index (κ3) is 7.60. The molecular weight excluding hydrogens is 358 g/mol. The fraction of sp³-hybridized carbons (Fsp3) is 0.692. The Morgan fingerprint density at radius 2 is 1.21 bits per heavy atom. The number of fused-ring (bicyclic) bond motifs is 1. The number of aryl methyl sites for hydroxylation is 1. The summed E-state index contributed by atoms with van der Waals surface area (Å²) in [5.74, 6) is -0.677. The van der Waals surface area contributed by atoms with Crippen LogP contribution in [0.1, 0.15) is 120 Å². The third-order valence-corrected chi connectivity index (χ3v) is 6.18. The first kappa shape index (κ1) is 23.6. The zero-order chi connectivity index (χ0) is 20.9. The lowest BCUT2D eigenvalue weighted by molar-refractivity contribution is -0.114. The predicted molar refractivity (Wildman–Crippen MR) is 123 cm³/mol. The molecule has 0 fully saturated rings. The predicted octanol–water partition coefficient (Wildman–Crippen LogP) is 7.26. The van der Waals surface area contributed by atoms with Crippen molar-refractivity contribution in [2.45, 2.75) is 110 Å². The monoisotopic (exact) mass is 399 g/mol. The van der Waals surface area contributed by atoms with Gasteiger partial charge in [0.05, 0.1) is 11.3 Å². The molecule has 0 aromatic heterocycles. The Bertz CT molecular complexity index is 638. The number of hydrogen-bond acceptors (Lipinski definition) is 2. The lowest BCUT2D eigenvalue weighted by atomic mass is 10.0. The minimum atomic E-state index is -0.344. The molecule has 0 radical (unpaired) electrons. The zero-order valence-corrected chi connectivity index (χ0v) is 18.8. The summed E-state index contributed by atoms with van der Waals surface area (Å²) >= 11 is 0. The van der Waals surface area contributed by atoms with Gasteiger partial charge in [-0.15, -0.1) is 0 Å². The first-order chi connectivity index (χ1) is 14.2. The number of anilines is 1. The number of amides is 1. The van der Waals surface area contributed by atoms with Gasteiger partial charge in [-0.25, -0.2) is 0 Å². The standard InChI is InChI=1S/C26H41NO2/c1-3-5-6-7-8-9-10-11-12-13-14-15-16-17-20-27-24-19-18-22(4-2)21-23(24)25(28)26(27)29/h18-19,21H,3-17,20H2,1-2H3. The maximum Gasteiger partial charge on any atom is 0.299 e. The molecule has 2 rings (SSSR count). The van der Waals surface area contributed by atoms with E-state index in [0.29, 0.717) is 12.1 Å². The molecular formula is C26H41NO2. The summed E-state index contributed by atoms with van der Waals surface area (Å²) in [6.07, 6.45) is 19.4. The number of rotatable bonds is 16. The van der Waals surface area contributed by atoms with Crippen molar-refractivity contribution < 1.29 is 9.59 Å². The summed E-state index contributed by atoms with van der Waals surface area (Å²) in [6, 6.07) is 5.87. The number of carbonyl (C=O) groups excluding carboxylic acids is 2. The maximum absolute atomic E-state index is 12.3. The molecule has 3 heteroatoms. The first-order valence-electron chi connectivity index (χ1n) is 12.2. The van der Waals surface area contributed by atoms with Crippen LogP contribution in [0.15, 0.2) is 18.2 Å². The highest BCUT2D eigenvalue weighted by atomic mass is 16.2. The second-order valence-electron chi connectivity index (χ2n) is 8.59. The zero-order valence-electron chi connectivity index (χ0n) is 18.8. The summed E-state index contributed by atoms with van der Waals surface area (Å²) < 4.78 is 0. The molecule has 0 saturated carbocycles. The maximum atomic E-state index is 12.3. The molecule has 3 nitrogen and oxygen atoms in total. The fourth-order valence-corrected chi connectivity index (χ4v) is 4.25. The molecule has 0 N–H and O–H groups in total. The van der Waals surface area contributed by atoms with Crippen molar-refractivity contribution in [3.05, 3.63) is 29.3 Å². The lowest BCUT2D eigenvalue weighted by Crippen LogP contribution is -2.30. The van der Waals surface area contributed by atoms with Crippen molar-refractivity contribution in [1.82, 2.24) is 0 Å². The molecule has 0 spiro atoms. The quantitative estimate of drug-likeness (QED) is 0.217. The van der Waals surface area contributed by atoms with E-state index in [0.717, 1.165) is 30.5 Å². The Labute approximate surface area is 178 Å². The highest BCUT2D eigenvalue weighted by molar-refractivity contribution is 6.52. The van der Waals surface area contributed by atoms with Gasteiger partial charge in [-0.3, -0.25) is 9.59 Å². The van der Waals surface area contributed by atoms with Crippen LogP contribution in [0.5, 0.6) is 0 Å². The Balaban J connectivity index is 1.51. The van der Waals surface area contributed by atoms with Gasteiger partial charge in [0.2, 0.25) is 0 Å². The summed E-state index contributed by atoms with van der Waals surface area (Å²) in [4.78, 5) is 26.2. The van der Waals surface area contributed by atoms with E-state index in [2.05, 4.69) is 13.8 Å². The van der Waals surface area contributed by atoms with Crippen LogP contribution >= 0.6 is 0 Å². The fourth-order valence-electron chi connectivity index (χ4n) is 4.25. The van der Waals surface area contributed by atoms with Gasteiger partial charge in [0, 0.05) is 6.54 Å². The minimum absolute atomic E-state index is 0.333. The van der Waals surface area contributed by atoms with Gasteiger partial charge in [0.15, 0.2) is 0 Å². The van der Waals surface area contributed by atoms with Crippen LogP contribution in [-0.4, -0.2) is 18.2 Å². The molecule has 29 heavy (non-hydrogen) atoms. The highest BCUT2D eigenvalue weighted by Gasteiger charge is 2.35. The van der Waals surface area contributed by atoms with Crippen molar-refractivity contribution in [3.63, 3.8) is 0 Å². The molecule has 1 aromatic rings. The number of carbonyl (C=O) groups is 2. The molecule has 0 aliphatic carbocycles. The van der Waals surface area contributed by atoms with Gasteiger partial charge in [-0.2, -0.15) is 0 Å². The van der Waals surface area contributed by atoms with Crippen molar-refractivity contribution in [2.75, 3.05) is 11.4 Å². The van der Waals surface area contributed by atoms with E-state index in [1.165, 1.54) is 77.0 Å². The summed E-state index contributed by atoms with van der Waals surface area (Å²) in [7, 11) is 0. The number of nitrogens with zero attached hydrogens (tertiary/aromatic N) is 1. The van der Waals surface area contributed by atoms with Crippen LogP contribution in [0.4, 0.5) is 5.69 Å². The van der Waals surface area contributed by atoms with E-state index in [1.54, 1.807) is 4.90 Å². The molecule has 0 saturated heterocycles. The van der Waals surface area contributed by atoms with Crippen molar-refractivity contribution in [3.8, 4) is 0 Å². The van der Waals surface area contributed by atoms with Gasteiger partial charge in [-0.05, 0) is 30.5 Å². The smallest absolute Gasteiger partial charge is 0.299 e. The van der Waals surface area contributed by atoms with E-state index in [1.807, 2.05) is 18.2 Å². The van der Waals surface area contributed by atoms with Gasteiger partial charge < -0.3 is 4.90 Å². The number of ketones is 1. The Morgan fingerprint density at radius 1 is 0.690 bits per heavy atom. The number of Topliss-reactive ketones (excluding diaryl/α,β-unsaturated/α-hetero) is 1. The molecule has 0 bridgehead atoms. The van der Waals surface area contributed by atoms with Crippen LogP contribution in [-0.2, 0) is 11.2 Å². The molecule has 1 aromatic carbocycles. The topological polar surface area (TPSA) is 37.4 Å². The van der Waals surface area contributed by atoms with Crippen LogP contribution in [0.3, 0.4) is 0 Å². The molecule has 162 valence electrons. The molecule has 0 unspecified atom stereocenters. The van der Waals surface area contributed by atoms with E-state index in [9.17, 15) is 9.59 Å². The van der Waals surface area contributed by atoms with Gasteiger partial charge in [0.25, 0.3) is 11.7 Å². The molecule has 1 aliphatic heterocycles. The van der Waals surface area contributed by atoms with Crippen molar-refractivity contribution in [2.24, 2.45) is 0 Å². The summed E-state index contributed by atoms with van der Waals surface area (Å²) in [6.45, 7) is 5.00. The average molecular weight is 400 g/mol. The van der Waals surface area contributed by atoms with Gasteiger partial charge >= 0.3 is 0 Å². The minimum Gasteiger partial charge on any atom is -0.305 e. The first-order valence-corrected chi connectivity index (χ1v) is 12.2. The Hall–Kier alpha value is -1.64. The molecule has 1 aliphatic rings. The Kier molecular flexibility index (Phi) is 11.1.